The molecule has 0 amide bonds. The molecule has 2 rings (SSSR count). The van der Waals surface area contributed by atoms with Gasteiger partial charge in [0.1, 0.15) is 5.75 Å². The van der Waals surface area contributed by atoms with Crippen LogP contribution in [0.15, 0.2) is 48.5 Å². The summed E-state index contributed by atoms with van der Waals surface area (Å²) in [5.41, 5.74) is 1.60. The zero-order valence-corrected chi connectivity index (χ0v) is 13.0. The van der Waals surface area contributed by atoms with Crippen LogP contribution in [-0.2, 0) is 0 Å². The lowest BCUT2D eigenvalue weighted by molar-refractivity contribution is -0.384. The van der Waals surface area contributed by atoms with Crippen LogP contribution in [0.1, 0.15) is 0 Å². The molecular formula is C15H15N3O3S. The fraction of sp³-hybridized carbons (Fsp3) is 0.133. The van der Waals surface area contributed by atoms with Crippen molar-refractivity contribution in [1.29, 1.82) is 0 Å². The molecule has 1 N–H and O–H groups in total. The molecule has 0 saturated heterocycles. The number of anilines is 2. The van der Waals surface area contributed by atoms with E-state index in [4.69, 9.17) is 17.0 Å². The Labute approximate surface area is 133 Å². The summed E-state index contributed by atoms with van der Waals surface area (Å²) in [4.78, 5) is 12.0. The van der Waals surface area contributed by atoms with Crippen LogP contribution < -0.4 is 15.0 Å². The molecule has 0 bridgehead atoms. The van der Waals surface area contributed by atoms with E-state index in [0.717, 1.165) is 17.1 Å². The Hall–Kier alpha value is -2.67. The van der Waals surface area contributed by atoms with Crippen LogP contribution in [0.4, 0.5) is 17.1 Å². The molecule has 0 unspecified atom stereocenters. The molecule has 0 fully saturated rings. The van der Waals surface area contributed by atoms with Crippen molar-refractivity contribution in [3.63, 3.8) is 0 Å². The van der Waals surface area contributed by atoms with Gasteiger partial charge in [0.2, 0.25) is 0 Å². The standard InChI is InChI=1S/C15H15N3O3S/c1-17(12-6-8-13(9-7-12)18(19)20)15(22)16-11-4-3-5-14(10-11)21-2/h3-10H,1-2H3,(H,16,22). The second-order valence-corrected chi connectivity index (χ2v) is 4.88. The summed E-state index contributed by atoms with van der Waals surface area (Å²) in [6.45, 7) is 0. The summed E-state index contributed by atoms with van der Waals surface area (Å²) in [6, 6.07) is 13.6. The van der Waals surface area contributed by atoms with Gasteiger partial charge in [0.15, 0.2) is 5.11 Å². The first-order valence-corrected chi connectivity index (χ1v) is 6.85. The predicted molar refractivity (Wildman–Crippen MR) is 90.7 cm³/mol. The minimum atomic E-state index is -0.434. The first-order valence-electron chi connectivity index (χ1n) is 6.44. The number of rotatable bonds is 4. The van der Waals surface area contributed by atoms with Crippen LogP contribution in [0, 0.1) is 10.1 Å². The van der Waals surface area contributed by atoms with Crippen molar-refractivity contribution in [3.05, 3.63) is 58.6 Å². The zero-order chi connectivity index (χ0) is 16.1. The van der Waals surface area contributed by atoms with E-state index in [1.54, 1.807) is 31.2 Å². The quantitative estimate of drug-likeness (QED) is 0.529. The number of hydrogen-bond donors (Lipinski definition) is 1. The van der Waals surface area contributed by atoms with Crippen molar-refractivity contribution in [2.45, 2.75) is 0 Å². The molecule has 0 aliphatic carbocycles. The molecule has 6 nitrogen and oxygen atoms in total. The number of benzene rings is 2. The number of nitro benzene ring substituents is 1. The highest BCUT2D eigenvalue weighted by atomic mass is 32.1. The maximum atomic E-state index is 10.7. The Kier molecular flexibility index (Phi) is 4.90. The monoisotopic (exact) mass is 317 g/mol. The van der Waals surface area contributed by atoms with Crippen LogP contribution in [0.3, 0.4) is 0 Å². The topological polar surface area (TPSA) is 67.6 Å². The number of nitro groups is 1. The van der Waals surface area contributed by atoms with Crippen molar-refractivity contribution in [2.75, 3.05) is 24.4 Å². The smallest absolute Gasteiger partial charge is 0.269 e. The SMILES string of the molecule is COc1cccc(NC(=S)N(C)c2ccc([N+](=O)[O-])cc2)c1. The van der Waals surface area contributed by atoms with Gasteiger partial charge in [-0.25, -0.2) is 0 Å². The molecule has 114 valence electrons. The Bertz CT molecular complexity index is 689. The Balaban J connectivity index is 2.09. The normalized spacial score (nSPS) is 9.91. The Morgan fingerprint density at radius 2 is 1.95 bits per heavy atom. The maximum Gasteiger partial charge on any atom is 0.269 e. The second-order valence-electron chi connectivity index (χ2n) is 4.49. The predicted octanol–water partition coefficient (Wildman–Crippen LogP) is 3.44. The van der Waals surface area contributed by atoms with Crippen molar-refractivity contribution in [1.82, 2.24) is 0 Å². The summed E-state index contributed by atoms with van der Waals surface area (Å²) in [7, 11) is 3.39. The third kappa shape index (κ3) is 3.70. The van der Waals surface area contributed by atoms with E-state index in [-0.39, 0.29) is 5.69 Å². The highest BCUT2D eigenvalue weighted by Gasteiger charge is 2.10. The summed E-state index contributed by atoms with van der Waals surface area (Å²) in [6.07, 6.45) is 0. The molecule has 0 atom stereocenters. The number of methoxy groups -OCH3 is 1. The third-order valence-corrected chi connectivity index (χ3v) is 3.45. The van der Waals surface area contributed by atoms with Crippen LogP contribution in [0.5, 0.6) is 5.75 Å². The zero-order valence-electron chi connectivity index (χ0n) is 12.1. The van der Waals surface area contributed by atoms with E-state index in [1.165, 1.54) is 12.1 Å². The van der Waals surface area contributed by atoms with Gasteiger partial charge in [-0.3, -0.25) is 10.1 Å². The number of non-ortho nitro benzene ring substituents is 1. The Morgan fingerprint density at radius 1 is 1.27 bits per heavy atom. The molecule has 22 heavy (non-hydrogen) atoms. The first-order chi connectivity index (χ1) is 10.5. The van der Waals surface area contributed by atoms with Crippen LogP contribution in [-0.4, -0.2) is 24.2 Å². The lowest BCUT2D eigenvalue weighted by atomic mass is 10.2. The minimum Gasteiger partial charge on any atom is -0.497 e. The van der Waals surface area contributed by atoms with E-state index in [9.17, 15) is 10.1 Å². The molecular weight excluding hydrogens is 302 g/mol. The molecule has 0 spiro atoms. The number of nitrogens with one attached hydrogen (secondary N) is 1. The lowest BCUT2D eigenvalue weighted by Gasteiger charge is -2.21. The highest BCUT2D eigenvalue weighted by Crippen LogP contribution is 2.21. The number of nitrogens with zero attached hydrogens (tertiary/aromatic N) is 2. The van der Waals surface area contributed by atoms with Crippen molar-refractivity contribution < 1.29 is 9.66 Å². The van der Waals surface area contributed by atoms with E-state index in [0.29, 0.717) is 5.11 Å². The summed E-state index contributed by atoms with van der Waals surface area (Å²) < 4.78 is 5.16. The van der Waals surface area contributed by atoms with Crippen LogP contribution in [0.25, 0.3) is 0 Å². The largest absolute Gasteiger partial charge is 0.497 e. The van der Waals surface area contributed by atoms with Crippen LogP contribution in [0.2, 0.25) is 0 Å². The molecule has 0 aliphatic heterocycles. The first kappa shape index (κ1) is 15.7. The molecule has 2 aromatic rings. The molecule has 7 heteroatoms. The van der Waals surface area contributed by atoms with E-state index < -0.39 is 4.92 Å². The van der Waals surface area contributed by atoms with E-state index in [1.807, 2.05) is 24.3 Å². The van der Waals surface area contributed by atoms with Gasteiger partial charge in [0.05, 0.1) is 12.0 Å². The van der Waals surface area contributed by atoms with Gasteiger partial charge >= 0.3 is 0 Å². The van der Waals surface area contributed by atoms with Crippen molar-refractivity contribution >= 4 is 34.4 Å². The molecule has 0 heterocycles. The molecule has 0 radical (unpaired) electrons. The third-order valence-electron chi connectivity index (χ3n) is 3.07. The average molecular weight is 317 g/mol. The molecule has 0 aliphatic rings. The summed E-state index contributed by atoms with van der Waals surface area (Å²) >= 11 is 5.34. The second kappa shape index (κ2) is 6.86. The lowest BCUT2D eigenvalue weighted by Crippen LogP contribution is -2.30. The minimum absolute atomic E-state index is 0.0452. The van der Waals surface area contributed by atoms with Crippen molar-refractivity contribution in [2.24, 2.45) is 0 Å². The van der Waals surface area contributed by atoms with E-state index in [2.05, 4.69) is 5.32 Å². The van der Waals surface area contributed by atoms with Gasteiger partial charge in [-0.15, -0.1) is 0 Å². The Morgan fingerprint density at radius 3 is 2.55 bits per heavy atom. The number of ether oxygens (including phenoxy) is 1. The maximum absolute atomic E-state index is 10.7. The van der Waals surface area contributed by atoms with Gasteiger partial charge in [0.25, 0.3) is 5.69 Å². The summed E-state index contributed by atoms with van der Waals surface area (Å²) in [5, 5.41) is 14.2. The molecule has 0 saturated carbocycles. The highest BCUT2D eigenvalue weighted by molar-refractivity contribution is 7.80. The molecule has 2 aromatic carbocycles. The fourth-order valence-corrected chi connectivity index (χ4v) is 2.05. The van der Waals surface area contributed by atoms with Crippen LogP contribution >= 0.6 is 12.2 Å². The van der Waals surface area contributed by atoms with Gasteiger partial charge in [-0.1, -0.05) is 6.07 Å². The van der Waals surface area contributed by atoms with Gasteiger partial charge in [-0.2, -0.15) is 0 Å². The van der Waals surface area contributed by atoms with E-state index >= 15 is 0 Å². The summed E-state index contributed by atoms with van der Waals surface area (Å²) in [5.74, 6) is 0.728. The molecule has 0 aromatic heterocycles. The number of hydrogen-bond acceptors (Lipinski definition) is 4. The number of thiocarbonyl (C=S) groups is 1. The van der Waals surface area contributed by atoms with Gasteiger partial charge in [-0.05, 0) is 36.5 Å². The van der Waals surface area contributed by atoms with Crippen molar-refractivity contribution in [3.8, 4) is 5.75 Å². The van der Waals surface area contributed by atoms with Gasteiger partial charge in [0, 0.05) is 36.6 Å². The van der Waals surface area contributed by atoms with Gasteiger partial charge < -0.3 is 15.0 Å². The fourth-order valence-electron chi connectivity index (χ4n) is 1.82. The average Bonchev–Trinajstić information content (AvgIpc) is 2.54.